The second-order valence-electron chi connectivity index (χ2n) is 4.23. The standard InChI is InChI=1S/C14H17ClN2O/c1-4-7-16-14-9(2)8-10-11(15)5-6-12(18-3)13(10)17-14/h5-6,8H,4,7H2,1-3H3,(H,16,17). The van der Waals surface area contributed by atoms with Gasteiger partial charge >= 0.3 is 0 Å². The van der Waals surface area contributed by atoms with E-state index in [2.05, 4.69) is 17.2 Å². The summed E-state index contributed by atoms with van der Waals surface area (Å²) in [7, 11) is 1.64. The highest BCUT2D eigenvalue weighted by Gasteiger charge is 2.10. The minimum atomic E-state index is 0.698. The molecule has 0 aliphatic rings. The summed E-state index contributed by atoms with van der Waals surface area (Å²) < 4.78 is 5.33. The minimum Gasteiger partial charge on any atom is -0.494 e. The number of anilines is 1. The number of nitrogens with zero attached hydrogens (tertiary/aromatic N) is 1. The topological polar surface area (TPSA) is 34.2 Å². The molecule has 0 saturated carbocycles. The predicted octanol–water partition coefficient (Wildman–Crippen LogP) is 4.03. The van der Waals surface area contributed by atoms with Crippen molar-refractivity contribution in [3.8, 4) is 5.75 Å². The summed E-state index contributed by atoms with van der Waals surface area (Å²) in [4.78, 5) is 4.62. The van der Waals surface area contributed by atoms with E-state index in [9.17, 15) is 0 Å². The molecule has 96 valence electrons. The molecule has 0 bridgehead atoms. The number of halogens is 1. The van der Waals surface area contributed by atoms with E-state index in [-0.39, 0.29) is 0 Å². The van der Waals surface area contributed by atoms with Crippen LogP contribution in [0.15, 0.2) is 18.2 Å². The van der Waals surface area contributed by atoms with Gasteiger partial charge in [0.25, 0.3) is 0 Å². The first-order valence-electron chi connectivity index (χ1n) is 6.05. The lowest BCUT2D eigenvalue weighted by Crippen LogP contribution is -2.04. The molecule has 0 fully saturated rings. The Labute approximate surface area is 112 Å². The fourth-order valence-corrected chi connectivity index (χ4v) is 2.09. The lowest BCUT2D eigenvalue weighted by Gasteiger charge is -2.12. The zero-order valence-electron chi connectivity index (χ0n) is 10.9. The number of pyridine rings is 1. The second-order valence-corrected chi connectivity index (χ2v) is 4.63. The van der Waals surface area contributed by atoms with Gasteiger partial charge in [-0.1, -0.05) is 18.5 Å². The highest BCUT2D eigenvalue weighted by atomic mass is 35.5. The Morgan fingerprint density at radius 1 is 1.39 bits per heavy atom. The van der Waals surface area contributed by atoms with E-state index in [4.69, 9.17) is 16.3 Å². The minimum absolute atomic E-state index is 0.698. The van der Waals surface area contributed by atoms with Gasteiger partial charge < -0.3 is 10.1 Å². The third-order valence-corrected chi connectivity index (χ3v) is 3.18. The molecule has 2 rings (SSSR count). The molecular formula is C14H17ClN2O. The van der Waals surface area contributed by atoms with Crippen LogP contribution in [-0.2, 0) is 0 Å². The van der Waals surface area contributed by atoms with Gasteiger partial charge in [-0.05, 0) is 37.1 Å². The molecule has 18 heavy (non-hydrogen) atoms. The van der Waals surface area contributed by atoms with Gasteiger partial charge in [-0.25, -0.2) is 4.98 Å². The van der Waals surface area contributed by atoms with Crippen LogP contribution in [0, 0.1) is 6.92 Å². The van der Waals surface area contributed by atoms with Crippen LogP contribution >= 0.6 is 11.6 Å². The first kappa shape index (κ1) is 13.0. The lowest BCUT2D eigenvalue weighted by atomic mass is 10.1. The smallest absolute Gasteiger partial charge is 0.145 e. The largest absolute Gasteiger partial charge is 0.494 e. The quantitative estimate of drug-likeness (QED) is 0.905. The molecule has 1 N–H and O–H groups in total. The molecule has 2 aromatic rings. The number of nitrogens with one attached hydrogen (secondary N) is 1. The lowest BCUT2D eigenvalue weighted by molar-refractivity contribution is 0.419. The summed E-state index contributed by atoms with van der Waals surface area (Å²) in [5.74, 6) is 1.64. The first-order valence-corrected chi connectivity index (χ1v) is 6.43. The number of hydrogen-bond acceptors (Lipinski definition) is 3. The van der Waals surface area contributed by atoms with Gasteiger partial charge in [0.05, 0.1) is 12.1 Å². The van der Waals surface area contributed by atoms with Crippen molar-refractivity contribution in [3.05, 3.63) is 28.8 Å². The number of benzene rings is 1. The predicted molar refractivity (Wildman–Crippen MR) is 76.8 cm³/mol. The van der Waals surface area contributed by atoms with E-state index >= 15 is 0 Å². The molecule has 4 heteroatoms. The fraction of sp³-hybridized carbons (Fsp3) is 0.357. The molecule has 0 saturated heterocycles. The molecule has 0 radical (unpaired) electrons. The molecule has 1 aromatic carbocycles. The molecule has 0 spiro atoms. The molecule has 0 amide bonds. The van der Waals surface area contributed by atoms with Crippen LogP contribution in [0.2, 0.25) is 5.02 Å². The number of aryl methyl sites for hydroxylation is 1. The van der Waals surface area contributed by atoms with Crippen molar-refractivity contribution in [1.82, 2.24) is 4.98 Å². The SMILES string of the molecule is CCCNc1nc2c(OC)ccc(Cl)c2cc1C. The zero-order valence-corrected chi connectivity index (χ0v) is 11.6. The van der Waals surface area contributed by atoms with Crippen LogP contribution in [0.4, 0.5) is 5.82 Å². The maximum atomic E-state index is 6.20. The van der Waals surface area contributed by atoms with Crippen molar-refractivity contribution in [2.45, 2.75) is 20.3 Å². The van der Waals surface area contributed by atoms with Crippen LogP contribution in [0.5, 0.6) is 5.75 Å². The van der Waals surface area contributed by atoms with Crippen molar-refractivity contribution >= 4 is 28.3 Å². The van der Waals surface area contributed by atoms with Gasteiger partial charge in [0.2, 0.25) is 0 Å². The Bertz CT molecular complexity index is 569. The van der Waals surface area contributed by atoms with Crippen molar-refractivity contribution < 1.29 is 4.74 Å². The summed E-state index contributed by atoms with van der Waals surface area (Å²) in [6.45, 7) is 5.06. The van der Waals surface area contributed by atoms with Gasteiger partial charge in [-0.15, -0.1) is 0 Å². The summed E-state index contributed by atoms with van der Waals surface area (Å²) in [6, 6.07) is 5.73. The molecule has 1 heterocycles. The van der Waals surface area contributed by atoms with Crippen LogP contribution < -0.4 is 10.1 Å². The summed E-state index contributed by atoms with van der Waals surface area (Å²) in [5.41, 5.74) is 1.89. The highest BCUT2D eigenvalue weighted by Crippen LogP contribution is 2.32. The molecular weight excluding hydrogens is 248 g/mol. The van der Waals surface area contributed by atoms with Crippen LogP contribution in [0.3, 0.4) is 0 Å². The maximum absolute atomic E-state index is 6.20. The molecule has 0 aliphatic heterocycles. The fourth-order valence-electron chi connectivity index (χ4n) is 1.89. The summed E-state index contributed by atoms with van der Waals surface area (Å²) in [6.07, 6.45) is 1.06. The van der Waals surface area contributed by atoms with E-state index in [0.29, 0.717) is 5.02 Å². The molecule has 0 atom stereocenters. The van der Waals surface area contributed by atoms with E-state index in [0.717, 1.165) is 41.0 Å². The van der Waals surface area contributed by atoms with Gasteiger partial charge in [-0.3, -0.25) is 0 Å². The molecule has 0 unspecified atom stereocenters. The average Bonchev–Trinajstić information content (AvgIpc) is 2.38. The molecule has 0 aliphatic carbocycles. The zero-order chi connectivity index (χ0) is 13.1. The highest BCUT2D eigenvalue weighted by molar-refractivity contribution is 6.35. The number of rotatable bonds is 4. The Morgan fingerprint density at radius 3 is 2.83 bits per heavy atom. The first-order chi connectivity index (χ1) is 8.67. The molecule has 1 aromatic heterocycles. The van der Waals surface area contributed by atoms with Crippen LogP contribution in [0.1, 0.15) is 18.9 Å². The third-order valence-electron chi connectivity index (χ3n) is 2.85. The summed E-state index contributed by atoms with van der Waals surface area (Å²) >= 11 is 6.20. The van der Waals surface area contributed by atoms with E-state index < -0.39 is 0 Å². The summed E-state index contributed by atoms with van der Waals surface area (Å²) in [5, 5.41) is 4.94. The Kier molecular flexibility index (Phi) is 3.92. The number of aromatic nitrogens is 1. The van der Waals surface area contributed by atoms with E-state index in [1.54, 1.807) is 7.11 Å². The van der Waals surface area contributed by atoms with Gasteiger partial charge in [0, 0.05) is 11.9 Å². The van der Waals surface area contributed by atoms with Crippen molar-refractivity contribution in [1.29, 1.82) is 0 Å². The Morgan fingerprint density at radius 2 is 2.17 bits per heavy atom. The van der Waals surface area contributed by atoms with E-state index in [1.807, 2.05) is 25.1 Å². The second kappa shape index (κ2) is 5.44. The monoisotopic (exact) mass is 264 g/mol. The average molecular weight is 265 g/mol. The Balaban J connectivity index is 2.60. The van der Waals surface area contributed by atoms with Crippen molar-refractivity contribution in [2.24, 2.45) is 0 Å². The number of fused-ring (bicyclic) bond motifs is 1. The van der Waals surface area contributed by atoms with Crippen molar-refractivity contribution in [3.63, 3.8) is 0 Å². The van der Waals surface area contributed by atoms with Crippen LogP contribution in [0.25, 0.3) is 10.9 Å². The number of ether oxygens (including phenoxy) is 1. The van der Waals surface area contributed by atoms with Gasteiger partial charge in [0.1, 0.15) is 17.1 Å². The maximum Gasteiger partial charge on any atom is 0.145 e. The van der Waals surface area contributed by atoms with E-state index in [1.165, 1.54) is 0 Å². The number of hydrogen-bond donors (Lipinski definition) is 1. The van der Waals surface area contributed by atoms with Gasteiger partial charge in [0.15, 0.2) is 0 Å². The third kappa shape index (κ3) is 2.36. The molecule has 3 nitrogen and oxygen atoms in total. The Hall–Kier alpha value is -1.48. The van der Waals surface area contributed by atoms with Crippen molar-refractivity contribution in [2.75, 3.05) is 19.0 Å². The van der Waals surface area contributed by atoms with Gasteiger partial charge in [-0.2, -0.15) is 0 Å². The number of methoxy groups -OCH3 is 1. The van der Waals surface area contributed by atoms with Crippen LogP contribution in [-0.4, -0.2) is 18.6 Å². The normalized spacial score (nSPS) is 10.7.